The second kappa shape index (κ2) is 11.0. The van der Waals surface area contributed by atoms with E-state index in [0.29, 0.717) is 38.2 Å². The van der Waals surface area contributed by atoms with Crippen molar-refractivity contribution < 1.29 is 4.74 Å². The minimum atomic E-state index is -0.537. The third kappa shape index (κ3) is 5.03. The van der Waals surface area contributed by atoms with Crippen molar-refractivity contribution in [1.82, 2.24) is 25.5 Å². The van der Waals surface area contributed by atoms with Crippen LogP contribution in [0.25, 0.3) is 10.8 Å². The number of anilines is 1. The van der Waals surface area contributed by atoms with Gasteiger partial charge in [0.1, 0.15) is 6.61 Å². The van der Waals surface area contributed by atoms with Crippen molar-refractivity contribution in [2.45, 2.75) is 56.7 Å². The molecule has 7 rings (SSSR count). The molecule has 208 valence electrons. The van der Waals surface area contributed by atoms with Crippen LogP contribution in [0.15, 0.2) is 42.5 Å². The molecule has 4 aliphatic rings. The van der Waals surface area contributed by atoms with E-state index >= 15 is 0 Å². The second-order valence-corrected chi connectivity index (χ2v) is 12.0. The van der Waals surface area contributed by atoms with Gasteiger partial charge < -0.3 is 20.3 Å². The SMILES string of the molecule is N#CCC1(c2nc(OC[C@@H]3CCCN3CC3CC3)nc3c2CCN(c2cccc4ccccc24)C3)CNCCN1. The first-order chi connectivity index (χ1) is 19.7. The average Bonchev–Trinajstić information content (AvgIpc) is 3.71. The second-order valence-electron chi connectivity index (χ2n) is 12.0. The lowest BCUT2D eigenvalue weighted by atomic mass is 9.84. The number of hydrogen-bond donors (Lipinski definition) is 2. The van der Waals surface area contributed by atoms with Crippen molar-refractivity contribution in [3.63, 3.8) is 0 Å². The molecule has 4 heterocycles. The summed E-state index contributed by atoms with van der Waals surface area (Å²) in [5.74, 6) is 0.878. The molecule has 2 N–H and O–H groups in total. The maximum atomic E-state index is 9.86. The third-order valence-corrected chi connectivity index (χ3v) is 9.27. The minimum Gasteiger partial charge on any atom is -0.462 e. The van der Waals surface area contributed by atoms with Gasteiger partial charge in [0, 0.05) is 55.4 Å². The number of benzene rings is 2. The summed E-state index contributed by atoms with van der Waals surface area (Å²) in [6.07, 6.45) is 6.34. The van der Waals surface area contributed by atoms with Crippen LogP contribution in [0.2, 0.25) is 0 Å². The third-order valence-electron chi connectivity index (χ3n) is 9.27. The highest BCUT2D eigenvalue weighted by molar-refractivity contribution is 5.94. The van der Waals surface area contributed by atoms with Gasteiger partial charge in [-0.2, -0.15) is 15.2 Å². The van der Waals surface area contributed by atoms with Crippen LogP contribution < -0.4 is 20.3 Å². The summed E-state index contributed by atoms with van der Waals surface area (Å²) < 4.78 is 6.44. The lowest BCUT2D eigenvalue weighted by Gasteiger charge is -2.40. The molecule has 3 fully saturated rings. The maximum Gasteiger partial charge on any atom is 0.317 e. The highest BCUT2D eigenvalue weighted by Crippen LogP contribution is 2.36. The van der Waals surface area contributed by atoms with Gasteiger partial charge in [-0.15, -0.1) is 0 Å². The van der Waals surface area contributed by atoms with E-state index < -0.39 is 5.54 Å². The molecule has 1 unspecified atom stereocenters. The Kier molecular flexibility index (Phi) is 7.04. The largest absolute Gasteiger partial charge is 0.462 e. The number of piperazine rings is 1. The zero-order valence-electron chi connectivity index (χ0n) is 23.2. The average molecular weight is 538 g/mol. The fourth-order valence-corrected chi connectivity index (χ4v) is 6.95. The number of ether oxygens (including phenoxy) is 1. The number of likely N-dealkylation sites (tertiary alicyclic amines) is 1. The summed E-state index contributed by atoms with van der Waals surface area (Å²) in [7, 11) is 0. The Morgan fingerprint density at radius 1 is 1.05 bits per heavy atom. The number of hydrogen-bond acceptors (Lipinski definition) is 8. The fraction of sp³-hybridized carbons (Fsp3) is 0.531. The topological polar surface area (TPSA) is 89.3 Å². The van der Waals surface area contributed by atoms with Gasteiger partial charge in [0.05, 0.1) is 36.0 Å². The number of fused-ring (bicyclic) bond motifs is 2. The normalized spacial score (nSPS) is 25.1. The first-order valence-corrected chi connectivity index (χ1v) is 15.0. The van der Waals surface area contributed by atoms with E-state index in [1.165, 1.54) is 60.8 Å². The molecule has 3 aromatic rings. The van der Waals surface area contributed by atoms with Gasteiger partial charge >= 0.3 is 6.01 Å². The lowest BCUT2D eigenvalue weighted by molar-refractivity contribution is 0.158. The van der Waals surface area contributed by atoms with Crippen LogP contribution in [0.3, 0.4) is 0 Å². The number of nitriles is 1. The van der Waals surface area contributed by atoms with Gasteiger partial charge in [0.2, 0.25) is 0 Å². The van der Waals surface area contributed by atoms with Gasteiger partial charge in [0.15, 0.2) is 0 Å². The van der Waals surface area contributed by atoms with Crippen molar-refractivity contribution in [3.05, 3.63) is 59.4 Å². The lowest BCUT2D eigenvalue weighted by Crippen LogP contribution is -2.57. The molecule has 0 amide bonds. The quantitative estimate of drug-likeness (QED) is 0.449. The molecule has 2 atom stereocenters. The number of rotatable bonds is 8. The Balaban J connectivity index is 1.22. The summed E-state index contributed by atoms with van der Waals surface area (Å²) in [4.78, 5) is 15.2. The monoisotopic (exact) mass is 537 g/mol. The molecule has 3 aliphatic heterocycles. The van der Waals surface area contributed by atoms with E-state index in [4.69, 9.17) is 14.7 Å². The predicted molar refractivity (Wildman–Crippen MR) is 156 cm³/mol. The van der Waals surface area contributed by atoms with Crippen LogP contribution in [0, 0.1) is 17.2 Å². The van der Waals surface area contributed by atoms with E-state index in [2.05, 4.69) is 69.0 Å². The number of nitrogens with zero attached hydrogens (tertiary/aromatic N) is 5. The summed E-state index contributed by atoms with van der Waals surface area (Å²) >= 11 is 0. The Bertz CT molecular complexity index is 1400. The maximum absolute atomic E-state index is 9.86. The van der Waals surface area contributed by atoms with E-state index in [9.17, 15) is 5.26 Å². The Hall–Kier alpha value is -3.25. The number of aromatic nitrogens is 2. The van der Waals surface area contributed by atoms with E-state index in [1.807, 2.05) is 0 Å². The van der Waals surface area contributed by atoms with Gasteiger partial charge in [0.25, 0.3) is 0 Å². The molecule has 1 saturated carbocycles. The van der Waals surface area contributed by atoms with Crippen molar-refractivity contribution in [2.24, 2.45) is 5.92 Å². The summed E-state index contributed by atoms with van der Waals surface area (Å²) in [6.45, 7) is 6.93. The molecule has 2 saturated heterocycles. The van der Waals surface area contributed by atoms with Gasteiger partial charge in [-0.3, -0.25) is 4.90 Å². The Morgan fingerprint density at radius 3 is 2.80 bits per heavy atom. The van der Waals surface area contributed by atoms with E-state index in [0.717, 1.165) is 43.4 Å². The molecular formula is C32H39N7O. The molecule has 0 radical (unpaired) electrons. The molecule has 2 aromatic carbocycles. The van der Waals surface area contributed by atoms with Crippen molar-refractivity contribution in [3.8, 4) is 12.1 Å². The zero-order valence-corrected chi connectivity index (χ0v) is 23.2. The highest BCUT2D eigenvalue weighted by Gasteiger charge is 2.40. The van der Waals surface area contributed by atoms with Crippen LogP contribution in [-0.4, -0.2) is 66.8 Å². The smallest absolute Gasteiger partial charge is 0.317 e. The summed E-state index contributed by atoms with van der Waals surface area (Å²) in [6, 6.07) is 18.4. The van der Waals surface area contributed by atoms with Gasteiger partial charge in [-0.25, -0.2) is 0 Å². The fourth-order valence-electron chi connectivity index (χ4n) is 6.95. The molecule has 1 aromatic heterocycles. The van der Waals surface area contributed by atoms with E-state index in [1.54, 1.807) is 0 Å². The molecule has 1 aliphatic carbocycles. The minimum absolute atomic E-state index is 0.355. The van der Waals surface area contributed by atoms with Crippen LogP contribution in [0.1, 0.15) is 49.1 Å². The summed E-state index contributed by atoms with van der Waals surface area (Å²) in [5.41, 5.74) is 3.83. The van der Waals surface area contributed by atoms with Crippen LogP contribution >= 0.6 is 0 Å². The van der Waals surface area contributed by atoms with Crippen LogP contribution in [0.4, 0.5) is 5.69 Å². The molecule has 8 nitrogen and oxygen atoms in total. The van der Waals surface area contributed by atoms with Crippen molar-refractivity contribution >= 4 is 16.5 Å². The molecule has 40 heavy (non-hydrogen) atoms. The first kappa shape index (κ1) is 25.7. The molecule has 8 heteroatoms. The van der Waals surface area contributed by atoms with Crippen LogP contribution in [0.5, 0.6) is 6.01 Å². The Morgan fingerprint density at radius 2 is 1.95 bits per heavy atom. The van der Waals surface area contributed by atoms with Crippen molar-refractivity contribution in [2.75, 3.05) is 50.8 Å². The first-order valence-electron chi connectivity index (χ1n) is 15.0. The highest BCUT2D eigenvalue weighted by atomic mass is 16.5. The summed E-state index contributed by atoms with van der Waals surface area (Å²) in [5, 5.41) is 19.6. The molecule has 0 bridgehead atoms. The molecular weight excluding hydrogens is 498 g/mol. The van der Waals surface area contributed by atoms with E-state index in [-0.39, 0.29) is 0 Å². The molecule has 0 spiro atoms. The standard InChI is InChI=1S/C32H39N7O/c33-14-13-32(22-34-15-16-35-32)30-27-12-18-39(29-9-3-6-24-5-1-2-8-26(24)29)20-28(27)36-31(37-30)40-21-25-7-4-17-38(25)19-23-10-11-23/h1-3,5-6,8-9,23,25,34-35H,4,7,10-13,15-22H2/t25-,32?/m0/s1. The van der Waals surface area contributed by atoms with Crippen LogP contribution in [-0.2, 0) is 18.5 Å². The predicted octanol–water partition coefficient (Wildman–Crippen LogP) is 3.75. The Labute approximate surface area is 236 Å². The zero-order chi connectivity index (χ0) is 26.9. The van der Waals surface area contributed by atoms with Gasteiger partial charge in [-0.1, -0.05) is 36.4 Å². The van der Waals surface area contributed by atoms with Gasteiger partial charge in [-0.05, 0) is 56.0 Å². The number of nitrogens with one attached hydrogen (secondary N) is 2. The van der Waals surface area contributed by atoms with Crippen molar-refractivity contribution in [1.29, 1.82) is 5.26 Å².